The quantitative estimate of drug-likeness (QED) is 0.323. The number of hydrogen-bond acceptors (Lipinski definition) is 3. The molecule has 0 amide bonds. The number of nitrogens with one attached hydrogen (secondary N) is 3. The van der Waals surface area contributed by atoms with Gasteiger partial charge in [0.25, 0.3) is 0 Å². The zero-order valence-electron chi connectivity index (χ0n) is 17.3. The van der Waals surface area contributed by atoms with E-state index in [-0.39, 0.29) is 5.82 Å². The molecule has 0 unspecified atom stereocenters. The van der Waals surface area contributed by atoms with Crippen LogP contribution in [0.3, 0.4) is 0 Å². The summed E-state index contributed by atoms with van der Waals surface area (Å²) in [5.41, 5.74) is 2.01. The van der Waals surface area contributed by atoms with Crippen LogP contribution >= 0.6 is 0 Å². The Labute approximate surface area is 172 Å². The first kappa shape index (κ1) is 21.6. The van der Waals surface area contributed by atoms with Gasteiger partial charge in [-0.15, -0.1) is 0 Å². The van der Waals surface area contributed by atoms with Crippen molar-refractivity contribution in [1.29, 1.82) is 0 Å². The molecule has 2 aromatic rings. The molecule has 3 N–H and O–H groups in total. The van der Waals surface area contributed by atoms with Crippen LogP contribution in [-0.4, -0.2) is 57.0 Å². The minimum Gasteiger partial charge on any atom is -0.381 e. The SMILES string of the molecule is CCNC(=NCCCOCC1CCOCC1)NCCc1c[nH]c2cc(F)ccc12. The molecular weight excluding hydrogens is 371 g/mol. The number of aliphatic imine (C=N–C) groups is 1. The van der Waals surface area contributed by atoms with Crippen LogP contribution in [0.2, 0.25) is 0 Å². The molecule has 6 nitrogen and oxygen atoms in total. The van der Waals surface area contributed by atoms with Gasteiger partial charge in [0, 0.05) is 63.2 Å². The first-order valence-electron chi connectivity index (χ1n) is 10.7. The Balaban J connectivity index is 1.36. The van der Waals surface area contributed by atoms with Crippen molar-refractivity contribution in [1.82, 2.24) is 15.6 Å². The van der Waals surface area contributed by atoms with Gasteiger partial charge in [-0.3, -0.25) is 4.99 Å². The van der Waals surface area contributed by atoms with Crippen molar-refractivity contribution in [2.75, 3.05) is 46.1 Å². The number of aromatic amines is 1. The standard InChI is InChI=1S/C22H33FN4O2/c1-2-24-22(25-9-3-11-29-16-17-7-12-28-13-8-17)26-10-6-18-15-27-21-14-19(23)4-5-20(18)21/h4-5,14-15,17,27H,2-3,6-13,16H2,1H3,(H2,24,25,26). The van der Waals surface area contributed by atoms with Gasteiger partial charge in [-0.2, -0.15) is 0 Å². The van der Waals surface area contributed by atoms with E-state index in [0.717, 1.165) is 88.6 Å². The largest absolute Gasteiger partial charge is 0.381 e. The molecule has 1 fully saturated rings. The van der Waals surface area contributed by atoms with Crippen LogP contribution < -0.4 is 10.6 Å². The highest BCUT2D eigenvalue weighted by Gasteiger charge is 2.13. The summed E-state index contributed by atoms with van der Waals surface area (Å²) in [6, 6.07) is 4.86. The van der Waals surface area contributed by atoms with Crippen molar-refractivity contribution in [3.63, 3.8) is 0 Å². The van der Waals surface area contributed by atoms with Crippen LogP contribution in [0.4, 0.5) is 4.39 Å². The maximum atomic E-state index is 13.3. The maximum Gasteiger partial charge on any atom is 0.191 e. The molecule has 1 aliphatic rings. The second-order valence-corrected chi connectivity index (χ2v) is 7.43. The van der Waals surface area contributed by atoms with Gasteiger partial charge in [0.1, 0.15) is 5.82 Å². The number of aromatic nitrogens is 1. The molecule has 1 saturated heterocycles. The first-order valence-corrected chi connectivity index (χ1v) is 10.7. The highest BCUT2D eigenvalue weighted by Crippen LogP contribution is 2.19. The Morgan fingerprint density at radius 3 is 3.00 bits per heavy atom. The fourth-order valence-corrected chi connectivity index (χ4v) is 3.54. The smallest absolute Gasteiger partial charge is 0.191 e. The molecule has 0 aliphatic carbocycles. The lowest BCUT2D eigenvalue weighted by molar-refractivity contribution is 0.0205. The van der Waals surface area contributed by atoms with Crippen molar-refractivity contribution < 1.29 is 13.9 Å². The summed E-state index contributed by atoms with van der Waals surface area (Å²) in [6.45, 7) is 7.68. The predicted molar refractivity (Wildman–Crippen MR) is 115 cm³/mol. The third kappa shape index (κ3) is 7.01. The summed E-state index contributed by atoms with van der Waals surface area (Å²) in [6.07, 6.45) is 5.92. The van der Waals surface area contributed by atoms with Gasteiger partial charge < -0.3 is 25.1 Å². The minimum atomic E-state index is -0.220. The molecule has 0 saturated carbocycles. The average Bonchev–Trinajstić information content (AvgIpc) is 3.13. The van der Waals surface area contributed by atoms with Gasteiger partial charge in [0.15, 0.2) is 5.96 Å². The lowest BCUT2D eigenvalue weighted by atomic mass is 10.0. The molecule has 0 atom stereocenters. The van der Waals surface area contributed by atoms with Crippen molar-refractivity contribution >= 4 is 16.9 Å². The third-order valence-corrected chi connectivity index (χ3v) is 5.17. The average molecular weight is 405 g/mol. The van der Waals surface area contributed by atoms with Gasteiger partial charge in [-0.05, 0) is 62.3 Å². The Morgan fingerprint density at radius 1 is 1.31 bits per heavy atom. The van der Waals surface area contributed by atoms with Gasteiger partial charge in [-0.1, -0.05) is 0 Å². The van der Waals surface area contributed by atoms with E-state index in [1.54, 1.807) is 0 Å². The number of guanidine groups is 1. The van der Waals surface area contributed by atoms with E-state index < -0.39 is 0 Å². The van der Waals surface area contributed by atoms with E-state index in [4.69, 9.17) is 9.47 Å². The minimum absolute atomic E-state index is 0.220. The molecule has 0 spiro atoms. The summed E-state index contributed by atoms with van der Waals surface area (Å²) in [5, 5.41) is 7.72. The summed E-state index contributed by atoms with van der Waals surface area (Å²) in [5.74, 6) is 1.25. The first-order chi connectivity index (χ1) is 14.3. The molecule has 160 valence electrons. The van der Waals surface area contributed by atoms with Crippen LogP contribution in [0.25, 0.3) is 10.9 Å². The number of H-pyrrole nitrogens is 1. The summed E-state index contributed by atoms with van der Waals surface area (Å²) >= 11 is 0. The summed E-state index contributed by atoms with van der Waals surface area (Å²) in [7, 11) is 0. The number of nitrogens with zero attached hydrogens (tertiary/aromatic N) is 1. The molecular formula is C22H33FN4O2. The molecule has 1 aliphatic heterocycles. The second-order valence-electron chi connectivity index (χ2n) is 7.43. The third-order valence-electron chi connectivity index (χ3n) is 5.17. The van der Waals surface area contributed by atoms with Crippen LogP contribution in [0, 0.1) is 11.7 Å². The number of halogens is 1. The van der Waals surface area contributed by atoms with E-state index in [2.05, 4.69) is 27.5 Å². The summed E-state index contributed by atoms with van der Waals surface area (Å²) in [4.78, 5) is 7.76. The predicted octanol–water partition coefficient (Wildman–Crippen LogP) is 3.24. The number of fused-ring (bicyclic) bond motifs is 1. The second kappa shape index (κ2) is 11.8. The normalized spacial score (nSPS) is 15.7. The Bertz CT molecular complexity index is 771. The Morgan fingerprint density at radius 2 is 2.17 bits per heavy atom. The highest BCUT2D eigenvalue weighted by atomic mass is 19.1. The molecule has 1 aromatic heterocycles. The van der Waals surface area contributed by atoms with Crippen LogP contribution in [0.5, 0.6) is 0 Å². The van der Waals surface area contributed by atoms with Crippen molar-refractivity contribution in [2.45, 2.75) is 32.6 Å². The van der Waals surface area contributed by atoms with E-state index in [1.807, 2.05) is 12.3 Å². The Kier molecular flexibility index (Phi) is 8.77. The van der Waals surface area contributed by atoms with E-state index in [0.29, 0.717) is 5.92 Å². The molecule has 3 rings (SSSR count). The number of rotatable bonds is 10. The molecule has 7 heteroatoms. The lowest BCUT2D eigenvalue weighted by Gasteiger charge is -2.21. The molecule has 2 heterocycles. The lowest BCUT2D eigenvalue weighted by Crippen LogP contribution is -2.38. The van der Waals surface area contributed by atoms with Gasteiger partial charge in [0.05, 0.1) is 0 Å². The van der Waals surface area contributed by atoms with Gasteiger partial charge in [0.2, 0.25) is 0 Å². The van der Waals surface area contributed by atoms with Crippen LogP contribution in [0.1, 0.15) is 31.7 Å². The molecule has 0 radical (unpaired) electrons. The molecule has 1 aromatic carbocycles. The number of benzene rings is 1. The van der Waals surface area contributed by atoms with Crippen LogP contribution in [0.15, 0.2) is 29.4 Å². The van der Waals surface area contributed by atoms with Gasteiger partial charge in [-0.25, -0.2) is 4.39 Å². The van der Waals surface area contributed by atoms with E-state index >= 15 is 0 Å². The van der Waals surface area contributed by atoms with Gasteiger partial charge >= 0.3 is 0 Å². The van der Waals surface area contributed by atoms with Crippen molar-refractivity contribution in [3.05, 3.63) is 35.8 Å². The highest BCUT2D eigenvalue weighted by molar-refractivity contribution is 5.83. The topological polar surface area (TPSA) is 70.7 Å². The molecule has 29 heavy (non-hydrogen) atoms. The van der Waals surface area contributed by atoms with Crippen molar-refractivity contribution in [3.8, 4) is 0 Å². The fraction of sp³-hybridized carbons (Fsp3) is 0.591. The molecule has 0 bridgehead atoms. The number of ether oxygens (including phenoxy) is 2. The summed E-state index contributed by atoms with van der Waals surface area (Å²) < 4.78 is 24.5. The zero-order valence-corrected chi connectivity index (χ0v) is 17.3. The fourth-order valence-electron chi connectivity index (χ4n) is 3.54. The van der Waals surface area contributed by atoms with Crippen molar-refractivity contribution in [2.24, 2.45) is 10.9 Å². The van der Waals surface area contributed by atoms with Crippen LogP contribution in [-0.2, 0) is 15.9 Å². The maximum absolute atomic E-state index is 13.3. The monoisotopic (exact) mass is 404 g/mol. The Hall–Kier alpha value is -2.12. The van der Waals surface area contributed by atoms with E-state index in [9.17, 15) is 4.39 Å². The number of hydrogen-bond donors (Lipinski definition) is 3. The van der Waals surface area contributed by atoms with E-state index in [1.165, 1.54) is 17.7 Å². The zero-order chi connectivity index (χ0) is 20.3.